The molecule has 1 aromatic rings. The van der Waals surface area contributed by atoms with E-state index in [2.05, 4.69) is 0 Å². The van der Waals surface area contributed by atoms with Crippen LogP contribution < -0.4 is 4.90 Å². The zero-order chi connectivity index (χ0) is 18.8. The Hall–Kier alpha value is -2.09. The molecule has 0 unspecified atom stereocenters. The number of piperazine rings is 1. The largest absolute Gasteiger partial charge is 0.417 e. The lowest BCUT2D eigenvalue weighted by Gasteiger charge is -2.37. The van der Waals surface area contributed by atoms with Crippen molar-refractivity contribution in [1.29, 1.82) is 0 Å². The van der Waals surface area contributed by atoms with Gasteiger partial charge in [0.1, 0.15) is 0 Å². The normalized spacial score (nSPS) is 18.0. The quantitative estimate of drug-likeness (QED) is 0.839. The van der Waals surface area contributed by atoms with Gasteiger partial charge in [0.2, 0.25) is 5.91 Å². The highest BCUT2D eigenvalue weighted by Crippen LogP contribution is 2.33. The van der Waals surface area contributed by atoms with Crippen molar-refractivity contribution >= 4 is 17.4 Å². The van der Waals surface area contributed by atoms with Crippen LogP contribution in [0.3, 0.4) is 0 Å². The van der Waals surface area contributed by atoms with E-state index in [-0.39, 0.29) is 18.9 Å². The zero-order valence-corrected chi connectivity index (χ0v) is 14.1. The molecule has 0 radical (unpaired) electrons. The lowest BCUT2D eigenvalue weighted by atomic mass is 10.0. The number of carbonyl (C=O) groups is 2. The van der Waals surface area contributed by atoms with Gasteiger partial charge in [0.25, 0.3) is 0 Å². The minimum atomic E-state index is -4.84. The molecule has 0 saturated carbocycles. The molecule has 138 valence electrons. The highest BCUT2D eigenvalue weighted by molar-refractivity contribution is 5.94. The maximum atomic E-state index is 12.7. The molecule has 0 bridgehead atoms. The van der Waals surface area contributed by atoms with Gasteiger partial charge in [-0.25, -0.2) is 0 Å². The third kappa shape index (κ3) is 4.50. The number of hydrogen-bond donors (Lipinski definition) is 1. The van der Waals surface area contributed by atoms with E-state index in [1.165, 1.54) is 11.8 Å². The smallest absolute Gasteiger partial charge is 0.380 e. The van der Waals surface area contributed by atoms with Crippen LogP contribution in [-0.2, 0) is 4.79 Å². The molecular formula is C17H21F3N2O3. The number of hydrogen-bond acceptors (Lipinski definition) is 4. The number of halogens is 3. The summed E-state index contributed by atoms with van der Waals surface area (Å²) in [4.78, 5) is 26.6. The fraction of sp³-hybridized carbons (Fsp3) is 0.529. The molecule has 1 N–H and O–H groups in total. The number of anilines is 1. The van der Waals surface area contributed by atoms with Gasteiger partial charge in [-0.15, -0.1) is 0 Å². The van der Waals surface area contributed by atoms with Gasteiger partial charge in [0.05, 0.1) is 6.42 Å². The van der Waals surface area contributed by atoms with Crippen molar-refractivity contribution in [2.75, 3.05) is 31.1 Å². The Labute approximate surface area is 144 Å². The molecule has 0 aliphatic carbocycles. The van der Waals surface area contributed by atoms with Gasteiger partial charge in [-0.1, -0.05) is 0 Å². The summed E-state index contributed by atoms with van der Waals surface area (Å²) >= 11 is 0. The SMILES string of the molecule is CC(=O)c1ccc(N2CCN(C(=O)C[C@](C)(O)C(F)(F)F)CC2)cc1. The van der Waals surface area contributed by atoms with E-state index in [1.54, 1.807) is 12.1 Å². The van der Waals surface area contributed by atoms with Gasteiger partial charge in [0.15, 0.2) is 11.4 Å². The summed E-state index contributed by atoms with van der Waals surface area (Å²) in [6, 6.07) is 7.05. The predicted octanol–water partition coefficient (Wildman–Crippen LogP) is 2.24. The summed E-state index contributed by atoms with van der Waals surface area (Å²) in [5, 5.41) is 9.44. The molecule has 1 aliphatic rings. The summed E-state index contributed by atoms with van der Waals surface area (Å²) in [6.45, 7) is 3.59. The Kier molecular flexibility index (Phi) is 5.41. The minimum Gasteiger partial charge on any atom is -0.380 e. The highest BCUT2D eigenvalue weighted by Gasteiger charge is 2.51. The summed E-state index contributed by atoms with van der Waals surface area (Å²) < 4.78 is 38.0. The number of alkyl halides is 3. The first-order valence-electron chi connectivity index (χ1n) is 7.94. The summed E-state index contributed by atoms with van der Waals surface area (Å²) in [6.07, 6.45) is -5.83. The summed E-state index contributed by atoms with van der Waals surface area (Å²) in [5.74, 6) is -0.743. The van der Waals surface area contributed by atoms with Crippen molar-refractivity contribution in [3.63, 3.8) is 0 Å². The van der Waals surface area contributed by atoms with Gasteiger partial charge in [-0.05, 0) is 38.1 Å². The number of amides is 1. The molecule has 1 heterocycles. The van der Waals surface area contributed by atoms with Crippen LogP contribution in [0.15, 0.2) is 24.3 Å². The number of rotatable bonds is 4. The van der Waals surface area contributed by atoms with E-state index in [4.69, 9.17) is 0 Å². The molecule has 1 fully saturated rings. The number of nitrogens with zero attached hydrogens (tertiary/aromatic N) is 2. The average Bonchev–Trinajstić information content (AvgIpc) is 2.53. The fourth-order valence-corrected chi connectivity index (χ4v) is 2.63. The van der Waals surface area contributed by atoms with Crippen molar-refractivity contribution in [1.82, 2.24) is 4.90 Å². The van der Waals surface area contributed by atoms with Crippen LogP contribution in [0.25, 0.3) is 0 Å². The Morgan fingerprint density at radius 3 is 2.04 bits per heavy atom. The van der Waals surface area contributed by atoms with Crippen molar-refractivity contribution in [2.24, 2.45) is 0 Å². The van der Waals surface area contributed by atoms with E-state index in [0.29, 0.717) is 25.6 Å². The van der Waals surface area contributed by atoms with Crippen molar-refractivity contribution < 1.29 is 27.9 Å². The number of Topliss-reactive ketones (excluding diaryl/α,β-unsaturated/α-hetero) is 1. The Balaban J connectivity index is 1.93. The fourth-order valence-electron chi connectivity index (χ4n) is 2.63. The second-order valence-electron chi connectivity index (χ2n) is 6.42. The maximum absolute atomic E-state index is 12.7. The Bertz CT molecular complexity index is 634. The molecule has 25 heavy (non-hydrogen) atoms. The van der Waals surface area contributed by atoms with Crippen LogP contribution in [-0.4, -0.2) is 59.7 Å². The predicted molar refractivity (Wildman–Crippen MR) is 86.5 cm³/mol. The molecular weight excluding hydrogens is 337 g/mol. The second kappa shape index (κ2) is 7.03. The molecule has 5 nitrogen and oxygen atoms in total. The topological polar surface area (TPSA) is 60.9 Å². The molecule has 1 aromatic carbocycles. The average molecular weight is 358 g/mol. The van der Waals surface area contributed by atoms with Crippen LogP contribution in [0.2, 0.25) is 0 Å². The first kappa shape index (κ1) is 19.2. The molecule has 0 aromatic heterocycles. The molecule has 1 aliphatic heterocycles. The van der Waals surface area contributed by atoms with Crippen molar-refractivity contribution in [3.8, 4) is 0 Å². The Morgan fingerprint density at radius 2 is 1.60 bits per heavy atom. The maximum Gasteiger partial charge on any atom is 0.417 e. The van der Waals surface area contributed by atoms with Crippen molar-refractivity contribution in [3.05, 3.63) is 29.8 Å². The number of ketones is 1. The highest BCUT2D eigenvalue weighted by atomic mass is 19.4. The zero-order valence-electron chi connectivity index (χ0n) is 14.1. The van der Waals surface area contributed by atoms with Crippen LogP contribution >= 0.6 is 0 Å². The van der Waals surface area contributed by atoms with Crippen LogP contribution in [0.1, 0.15) is 30.6 Å². The van der Waals surface area contributed by atoms with Gasteiger partial charge in [-0.2, -0.15) is 13.2 Å². The van der Waals surface area contributed by atoms with E-state index in [1.807, 2.05) is 17.0 Å². The first-order valence-corrected chi connectivity index (χ1v) is 7.94. The van der Waals surface area contributed by atoms with Gasteiger partial charge >= 0.3 is 6.18 Å². The molecule has 1 atom stereocenters. The second-order valence-corrected chi connectivity index (χ2v) is 6.42. The standard InChI is InChI=1S/C17H21F3N2O3/c1-12(23)13-3-5-14(6-4-13)21-7-9-22(10-8-21)15(24)11-16(2,25)17(18,19)20/h3-6,25H,7-11H2,1-2H3/t16-/m0/s1. The van der Waals surface area contributed by atoms with E-state index in [9.17, 15) is 27.9 Å². The monoisotopic (exact) mass is 358 g/mol. The van der Waals surface area contributed by atoms with Gasteiger partial charge in [-0.3, -0.25) is 9.59 Å². The summed E-state index contributed by atoms with van der Waals surface area (Å²) in [7, 11) is 0. The molecule has 0 spiro atoms. The van der Waals surface area contributed by atoms with Crippen LogP contribution in [0, 0.1) is 0 Å². The van der Waals surface area contributed by atoms with E-state index in [0.717, 1.165) is 5.69 Å². The van der Waals surface area contributed by atoms with Gasteiger partial charge < -0.3 is 14.9 Å². The number of benzene rings is 1. The third-order valence-corrected chi connectivity index (χ3v) is 4.38. The Morgan fingerprint density at radius 1 is 1.08 bits per heavy atom. The van der Waals surface area contributed by atoms with E-state index < -0.39 is 24.1 Å². The van der Waals surface area contributed by atoms with Crippen LogP contribution in [0.4, 0.5) is 18.9 Å². The van der Waals surface area contributed by atoms with Crippen LogP contribution in [0.5, 0.6) is 0 Å². The molecule has 1 amide bonds. The molecule has 8 heteroatoms. The van der Waals surface area contributed by atoms with Crippen molar-refractivity contribution in [2.45, 2.75) is 32.0 Å². The lowest BCUT2D eigenvalue weighted by Crippen LogP contribution is -2.52. The van der Waals surface area contributed by atoms with Gasteiger partial charge in [0, 0.05) is 37.4 Å². The third-order valence-electron chi connectivity index (χ3n) is 4.38. The lowest BCUT2D eigenvalue weighted by molar-refractivity contribution is -0.254. The number of carbonyl (C=O) groups excluding carboxylic acids is 2. The van der Waals surface area contributed by atoms with E-state index >= 15 is 0 Å². The first-order chi connectivity index (χ1) is 11.5. The molecule has 2 rings (SSSR count). The number of aliphatic hydroxyl groups is 1. The molecule has 1 saturated heterocycles. The minimum absolute atomic E-state index is 0.0290. The summed E-state index contributed by atoms with van der Waals surface area (Å²) in [5.41, 5.74) is -1.53.